The zero-order valence-corrected chi connectivity index (χ0v) is 16.7. The topological polar surface area (TPSA) is 43.8 Å². The van der Waals surface area contributed by atoms with Crippen LogP contribution in [0.15, 0.2) is 48.5 Å². The fourth-order valence-electron chi connectivity index (χ4n) is 3.87. The predicted molar refractivity (Wildman–Crippen MR) is 109 cm³/mol. The van der Waals surface area contributed by atoms with E-state index in [9.17, 15) is 4.79 Å². The van der Waals surface area contributed by atoms with Gasteiger partial charge < -0.3 is 5.11 Å². The van der Waals surface area contributed by atoms with Gasteiger partial charge in [0.25, 0.3) is 0 Å². The number of nitrogens with zero attached hydrogens (tertiary/aromatic N) is 2. The third kappa shape index (κ3) is 4.96. The molecule has 0 saturated carbocycles. The van der Waals surface area contributed by atoms with Crippen LogP contribution in [0.3, 0.4) is 0 Å². The number of Topliss-reactive ketones (excluding diaryl/α,β-unsaturated/α-hetero) is 1. The molecular formula is C22H27ClN2O2. The van der Waals surface area contributed by atoms with Crippen LogP contribution in [0, 0.1) is 0 Å². The molecule has 0 amide bonds. The van der Waals surface area contributed by atoms with Crippen LogP contribution in [0.5, 0.6) is 0 Å². The summed E-state index contributed by atoms with van der Waals surface area (Å²) in [7, 11) is 0. The zero-order chi connectivity index (χ0) is 19.4. The molecule has 1 N–H and O–H groups in total. The van der Waals surface area contributed by atoms with Crippen LogP contribution in [0.1, 0.15) is 35.3 Å². The second-order valence-electron chi connectivity index (χ2n) is 7.43. The predicted octanol–water partition coefficient (Wildman–Crippen LogP) is 3.61. The van der Waals surface area contributed by atoms with Crippen molar-refractivity contribution >= 4 is 17.4 Å². The van der Waals surface area contributed by atoms with Crippen LogP contribution >= 0.6 is 11.6 Å². The average molecular weight is 387 g/mol. The molecule has 5 heteroatoms. The summed E-state index contributed by atoms with van der Waals surface area (Å²) < 4.78 is 0. The van der Waals surface area contributed by atoms with Gasteiger partial charge in [-0.3, -0.25) is 14.6 Å². The van der Waals surface area contributed by atoms with Crippen LogP contribution in [0.2, 0.25) is 5.02 Å². The number of carbonyl (C=O) groups is 1. The van der Waals surface area contributed by atoms with Crippen molar-refractivity contribution in [3.63, 3.8) is 0 Å². The fraction of sp³-hybridized carbons (Fsp3) is 0.409. The van der Waals surface area contributed by atoms with Gasteiger partial charge in [0.05, 0.1) is 0 Å². The number of rotatable bonds is 6. The van der Waals surface area contributed by atoms with Gasteiger partial charge in [-0.25, -0.2) is 0 Å². The van der Waals surface area contributed by atoms with E-state index in [-0.39, 0.29) is 5.78 Å². The summed E-state index contributed by atoms with van der Waals surface area (Å²) in [6.07, 6.45) is 0. The largest absolute Gasteiger partial charge is 0.388 e. The molecule has 0 bridgehead atoms. The van der Waals surface area contributed by atoms with E-state index in [2.05, 4.69) is 29.7 Å². The summed E-state index contributed by atoms with van der Waals surface area (Å²) in [6.45, 7) is 7.81. The first-order valence-electron chi connectivity index (χ1n) is 9.42. The second-order valence-corrected chi connectivity index (χ2v) is 7.84. The molecule has 2 aromatic carbocycles. The van der Waals surface area contributed by atoms with Gasteiger partial charge in [-0.1, -0.05) is 54.1 Å². The molecule has 1 fully saturated rings. The molecule has 1 aliphatic rings. The number of carbonyl (C=O) groups excluding carboxylic acids is 1. The molecule has 0 unspecified atom stereocenters. The number of halogens is 1. The SMILES string of the molecule is C[C@@H]1CN(Cc2ccccc2Cl)C[C@H](C)N1Cc1ccc(C(=O)CO)cc1. The number of piperazine rings is 1. The quantitative estimate of drug-likeness (QED) is 0.770. The molecule has 1 saturated heterocycles. The van der Waals surface area contributed by atoms with Gasteiger partial charge in [-0.05, 0) is 31.0 Å². The second kappa shape index (κ2) is 8.98. The first-order chi connectivity index (χ1) is 13.0. The lowest BCUT2D eigenvalue weighted by Crippen LogP contribution is -2.55. The summed E-state index contributed by atoms with van der Waals surface area (Å²) in [5, 5.41) is 9.80. The summed E-state index contributed by atoms with van der Waals surface area (Å²) in [6, 6.07) is 16.5. The number of hydrogen-bond donors (Lipinski definition) is 1. The Morgan fingerprint density at radius 2 is 1.67 bits per heavy atom. The minimum Gasteiger partial charge on any atom is -0.388 e. The fourth-order valence-corrected chi connectivity index (χ4v) is 4.07. The minimum absolute atomic E-state index is 0.239. The van der Waals surface area contributed by atoms with E-state index < -0.39 is 6.61 Å². The Labute approximate surface area is 166 Å². The van der Waals surface area contributed by atoms with E-state index >= 15 is 0 Å². The lowest BCUT2D eigenvalue weighted by atomic mass is 10.0. The molecule has 144 valence electrons. The third-order valence-electron chi connectivity index (χ3n) is 5.31. The Bertz CT molecular complexity index is 766. The van der Waals surface area contributed by atoms with E-state index in [1.54, 1.807) is 12.1 Å². The van der Waals surface area contributed by atoms with E-state index in [4.69, 9.17) is 16.7 Å². The van der Waals surface area contributed by atoms with E-state index in [1.807, 2.05) is 30.3 Å². The summed E-state index contributed by atoms with van der Waals surface area (Å²) in [4.78, 5) is 16.5. The summed E-state index contributed by atoms with van der Waals surface area (Å²) >= 11 is 6.32. The lowest BCUT2D eigenvalue weighted by Gasteiger charge is -2.44. The third-order valence-corrected chi connectivity index (χ3v) is 5.68. The molecule has 3 rings (SSSR count). The Morgan fingerprint density at radius 3 is 2.26 bits per heavy atom. The monoisotopic (exact) mass is 386 g/mol. The Morgan fingerprint density at radius 1 is 1.04 bits per heavy atom. The van der Waals surface area contributed by atoms with Crippen molar-refractivity contribution in [2.75, 3.05) is 19.7 Å². The maximum atomic E-state index is 11.6. The first-order valence-corrected chi connectivity index (χ1v) is 9.80. The molecule has 0 aromatic heterocycles. The Kier molecular flexibility index (Phi) is 6.66. The highest BCUT2D eigenvalue weighted by Gasteiger charge is 2.29. The van der Waals surface area contributed by atoms with Crippen molar-refractivity contribution in [3.05, 3.63) is 70.2 Å². The molecule has 4 nitrogen and oxygen atoms in total. The van der Waals surface area contributed by atoms with E-state index in [1.165, 1.54) is 11.1 Å². The lowest BCUT2D eigenvalue weighted by molar-refractivity contribution is 0.0290. The maximum Gasteiger partial charge on any atom is 0.188 e. The number of aliphatic hydroxyl groups excluding tert-OH is 1. The van der Waals surface area contributed by atoms with Crippen molar-refractivity contribution in [1.29, 1.82) is 0 Å². The number of hydrogen-bond acceptors (Lipinski definition) is 4. The molecule has 0 spiro atoms. The average Bonchev–Trinajstić information content (AvgIpc) is 2.66. The highest BCUT2D eigenvalue weighted by Crippen LogP contribution is 2.23. The van der Waals surface area contributed by atoms with Gasteiger partial charge in [0.15, 0.2) is 5.78 Å². The maximum absolute atomic E-state index is 11.6. The van der Waals surface area contributed by atoms with Gasteiger partial charge in [0, 0.05) is 48.8 Å². The van der Waals surface area contributed by atoms with Crippen LogP contribution < -0.4 is 0 Å². The van der Waals surface area contributed by atoms with Crippen LogP contribution in [0.25, 0.3) is 0 Å². The Balaban J connectivity index is 1.62. The number of benzene rings is 2. The summed E-state index contributed by atoms with van der Waals surface area (Å²) in [5.41, 5.74) is 2.92. The Hall–Kier alpha value is -1.72. The molecule has 2 atom stereocenters. The van der Waals surface area contributed by atoms with Crippen molar-refractivity contribution in [1.82, 2.24) is 9.80 Å². The van der Waals surface area contributed by atoms with Crippen molar-refractivity contribution in [3.8, 4) is 0 Å². The summed E-state index contributed by atoms with van der Waals surface area (Å²) in [5.74, 6) is -0.239. The molecule has 2 aromatic rings. The van der Waals surface area contributed by atoms with Gasteiger partial charge >= 0.3 is 0 Å². The molecular weight excluding hydrogens is 360 g/mol. The molecule has 27 heavy (non-hydrogen) atoms. The minimum atomic E-state index is -0.444. The zero-order valence-electron chi connectivity index (χ0n) is 15.9. The highest BCUT2D eigenvalue weighted by atomic mass is 35.5. The van der Waals surface area contributed by atoms with Gasteiger partial charge in [-0.2, -0.15) is 0 Å². The normalized spacial score (nSPS) is 21.3. The van der Waals surface area contributed by atoms with Crippen LogP contribution in [-0.2, 0) is 13.1 Å². The van der Waals surface area contributed by atoms with Gasteiger partial charge in [0.1, 0.15) is 6.61 Å². The van der Waals surface area contributed by atoms with E-state index in [0.717, 1.165) is 31.2 Å². The molecule has 0 radical (unpaired) electrons. The van der Waals surface area contributed by atoms with E-state index in [0.29, 0.717) is 17.6 Å². The smallest absolute Gasteiger partial charge is 0.188 e. The van der Waals surface area contributed by atoms with Crippen LogP contribution in [0.4, 0.5) is 0 Å². The van der Waals surface area contributed by atoms with Gasteiger partial charge in [0.2, 0.25) is 0 Å². The number of ketones is 1. The van der Waals surface area contributed by atoms with Crippen molar-refractivity contribution < 1.29 is 9.90 Å². The molecule has 0 aliphatic carbocycles. The molecule has 1 heterocycles. The highest BCUT2D eigenvalue weighted by molar-refractivity contribution is 6.31. The first kappa shape index (κ1) is 20.0. The van der Waals surface area contributed by atoms with Crippen molar-refractivity contribution in [2.45, 2.75) is 39.0 Å². The van der Waals surface area contributed by atoms with Gasteiger partial charge in [-0.15, -0.1) is 0 Å². The molecule has 1 aliphatic heterocycles. The van der Waals surface area contributed by atoms with Crippen molar-refractivity contribution in [2.24, 2.45) is 0 Å². The standard InChI is InChI=1S/C22H27ClN2O2/c1-16-11-24(14-20-5-3-4-6-21(20)23)12-17(2)25(16)13-18-7-9-19(10-8-18)22(27)15-26/h3-10,16-17,26H,11-15H2,1-2H3/t16-,17+. The number of aliphatic hydroxyl groups is 1. The van der Waals surface area contributed by atoms with Crippen LogP contribution in [-0.4, -0.2) is 52.5 Å².